The minimum Gasteiger partial charge on any atom is -0.284 e. The predicted octanol–water partition coefficient (Wildman–Crippen LogP) is 4.62. The van der Waals surface area contributed by atoms with Crippen molar-refractivity contribution in [2.45, 2.75) is 6.18 Å². The van der Waals surface area contributed by atoms with Gasteiger partial charge in [-0.1, -0.05) is 0 Å². The number of rotatable bonds is 2. The Morgan fingerprint density at radius 1 is 0.923 bits per heavy atom. The second kappa shape index (κ2) is 5.91. The number of hydrogen-bond donors (Lipinski definition) is 0. The molecule has 0 bridgehead atoms. The highest BCUT2D eigenvalue weighted by Gasteiger charge is 2.33. The van der Waals surface area contributed by atoms with Crippen LogP contribution in [0.4, 0.5) is 17.6 Å². The molecule has 0 aliphatic carbocycles. The Morgan fingerprint density at radius 3 is 2.42 bits per heavy atom. The van der Waals surface area contributed by atoms with Crippen LogP contribution in [-0.4, -0.2) is 19.4 Å². The van der Waals surface area contributed by atoms with Crippen molar-refractivity contribution >= 4 is 5.78 Å². The number of benzene rings is 1. The zero-order chi connectivity index (χ0) is 18.3. The molecule has 0 fully saturated rings. The van der Waals surface area contributed by atoms with Crippen molar-refractivity contribution in [1.29, 1.82) is 0 Å². The number of aromatic nitrogens is 4. The maximum absolute atomic E-state index is 14.2. The largest absolute Gasteiger partial charge is 0.433 e. The molecule has 0 N–H and O–H groups in total. The van der Waals surface area contributed by atoms with Gasteiger partial charge in [-0.2, -0.15) is 13.2 Å². The molecular weight excluding hydrogens is 348 g/mol. The Balaban J connectivity index is 1.84. The summed E-state index contributed by atoms with van der Waals surface area (Å²) in [4.78, 5) is 11.4. The molecule has 8 heteroatoms. The minimum atomic E-state index is -4.54. The highest BCUT2D eigenvalue weighted by molar-refractivity contribution is 5.72. The van der Waals surface area contributed by atoms with E-state index in [1.54, 1.807) is 36.7 Å². The van der Waals surface area contributed by atoms with Gasteiger partial charge in [-0.3, -0.25) is 9.38 Å². The van der Waals surface area contributed by atoms with E-state index in [1.165, 1.54) is 22.9 Å². The van der Waals surface area contributed by atoms with Crippen molar-refractivity contribution in [3.8, 4) is 22.4 Å². The zero-order valence-corrected chi connectivity index (χ0v) is 13.1. The van der Waals surface area contributed by atoms with Crippen molar-refractivity contribution in [2.75, 3.05) is 0 Å². The Kier molecular flexibility index (Phi) is 3.68. The molecule has 0 aliphatic rings. The average Bonchev–Trinajstić information content (AvgIpc) is 3.05. The molecule has 26 heavy (non-hydrogen) atoms. The lowest BCUT2D eigenvalue weighted by Gasteiger charge is -2.08. The number of imidazole rings is 1. The first-order valence-electron chi connectivity index (χ1n) is 7.55. The SMILES string of the molecule is Fc1ccc(-c2cnc3nc(C(F)(F)F)ccn23)cc1-c1ccncc1. The molecule has 130 valence electrons. The van der Waals surface area contributed by atoms with Gasteiger partial charge in [0.2, 0.25) is 5.78 Å². The maximum Gasteiger partial charge on any atom is 0.433 e. The molecule has 0 radical (unpaired) electrons. The van der Waals surface area contributed by atoms with Crippen LogP contribution in [-0.2, 0) is 6.18 Å². The summed E-state index contributed by atoms with van der Waals surface area (Å²) < 4.78 is 54.0. The van der Waals surface area contributed by atoms with Gasteiger partial charge in [-0.15, -0.1) is 0 Å². The summed E-state index contributed by atoms with van der Waals surface area (Å²) in [5.74, 6) is -0.490. The van der Waals surface area contributed by atoms with Crippen LogP contribution in [0.15, 0.2) is 61.2 Å². The summed E-state index contributed by atoms with van der Waals surface area (Å²) in [5, 5.41) is 0. The standard InChI is InChI=1S/C18H10F4N4/c19-14-2-1-12(9-13(14)11-3-6-23-7-4-11)15-10-24-17-25-16(18(20,21)22)5-8-26(15)17/h1-10H. The number of pyridine rings is 1. The number of nitrogens with zero attached hydrogens (tertiary/aromatic N) is 4. The Hall–Kier alpha value is -3.29. The first kappa shape index (κ1) is 16.2. The van der Waals surface area contributed by atoms with Crippen molar-refractivity contribution in [2.24, 2.45) is 0 Å². The van der Waals surface area contributed by atoms with Crippen LogP contribution in [0.1, 0.15) is 5.69 Å². The normalized spacial score (nSPS) is 11.8. The summed E-state index contributed by atoms with van der Waals surface area (Å²) >= 11 is 0. The molecule has 0 saturated heterocycles. The van der Waals surface area contributed by atoms with Crippen LogP contribution in [0.2, 0.25) is 0 Å². The summed E-state index contributed by atoms with van der Waals surface area (Å²) in [6.07, 6.45) is 1.23. The highest BCUT2D eigenvalue weighted by Crippen LogP contribution is 2.31. The van der Waals surface area contributed by atoms with Gasteiger partial charge >= 0.3 is 6.18 Å². The van der Waals surface area contributed by atoms with Crippen molar-refractivity contribution in [3.05, 3.63) is 72.7 Å². The molecule has 0 spiro atoms. The van der Waals surface area contributed by atoms with Crippen LogP contribution in [0.3, 0.4) is 0 Å². The van der Waals surface area contributed by atoms with Crippen molar-refractivity contribution in [1.82, 2.24) is 19.4 Å². The van der Waals surface area contributed by atoms with Crippen LogP contribution in [0.5, 0.6) is 0 Å². The lowest BCUT2D eigenvalue weighted by atomic mass is 10.0. The first-order valence-corrected chi connectivity index (χ1v) is 7.55. The van der Waals surface area contributed by atoms with E-state index in [9.17, 15) is 17.6 Å². The third kappa shape index (κ3) is 2.79. The van der Waals surface area contributed by atoms with E-state index in [0.717, 1.165) is 6.07 Å². The lowest BCUT2D eigenvalue weighted by Crippen LogP contribution is -2.09. The van der Waals surface area contributed by atoms with Gasteiger partial charge in [-0.25, -0.2) is 14.4 Å². The summed E-state index contributed by atoms with van der Waals surface area (Å²) in [6, 6.07) is 8.70. The Labute approximate surface area is 144 Å². The molecule has 1 aromatic carbocycles. The zero-order valence-electron chi connectivity index (χ0n) is 13.1. The minimum absolute atomic E-state index is 0.0791. The fourth-order valence-corrected chi connectivity index (χ4v) is 2.68. The molecule has 4 aromatic rings. The van der Waals surface area contributed by atoms with E-state index in [4.69, 9.17) is 0 Å². The van der Waals surface area contributed by atoms with Crippen molar-refractivity contribution < 1.29 is 17.6 Å². The van der Waals surface area contributed by atoms with E-state index >= 15 is 0 Å². The topological polar surface area (TPSA) is 43.1 Å². The molecule has 0 aliphatic heterocycles. The fourth-order valence-electron chi connectivity index (χ4n) is 2.68. The summed E-state index contributed by atoms with van der Waals surface area (Å²) in [5.41, 5.74) is 1.10. The lowest BCUT2D eigenvalue weighted by molar-refractivity contribution is -0.141. The molecule has 4 rings (SSSR count). The second-order valence-corrected chi connectivity index (χ2v) is 5.55. The molecule has 0 amide bonds. The molecule has 4 nitrogen and oxygen atoms in total. The third-order valence-corrected chi connectivity index (χ3v) is 3.92. The van der Waals surface area contributed by atoms with Gasteiger partial charge in [0.25, 0.3) is 0 Å². The molecule has 0 saturated carbocycles. The summed E-state index contributed by atoms with van der Waals surface area (Å²) in [7, 11) is 0. The quantitative estimate of drug-likeness (QED) is 0.491. The average molecular weight is 358 g/mol. The monoisotopic (exact) mass is 358 g/mol. The van der Waals surface area contributed by atoms with E-state index in [0.29, 0.717) is 22.4 Å². The number of fused-ring (bicyclic) bond motifs is 1. The van der Waals surface area contributed by atoms with Gasteiger partial charge in [0.1, 0.15) is 11.5 Å². The van der Waals surface area contributed by atoms with E-state index in [-0.39, 0.29) is 5.78 Å². The molecule has 3 heterocycles. The first-order chi connectivity index (χ1) is 12.4. The van der Waals surface area contributed by atoms with Gasteiger partial charge in [0.05, 0.1) is 11.9 Å². The van der Waals surface area contributed by atoms with Crippen LogP contribution in [0, 0.1) is 5.82 Å². The number of halogens is 4. The Bertz CT molecular complexity index is 1090. The Morgan fingerprint density at radius 2 is 1.69 bits per heavy atom. The van der Waals surface area contributed by atoms with Crippen LogP contribution < -0.4 is 0 Å². The van der Waals surface area contributed by atoms with Crippen molar-refractivity contribution in [3.63, 3.8) is 0 Å². The smallest absolute Gasteiger partial charge is 0.284 e. The van der Waals surface area contributed by atoms with Gasteiger partial charge in [0, 0.05) is 29.7 Å². The molecule has 0 unspecified atom stereocenters. The van der Waals surface area contributed by atoms with Crippen LogP contribution in [0.25, 0.3) is 28.2 Å². The predicted molar refractivity (Wildman–Crippen MR) is 86.6 cm³/mol. The van der Waals surface area contributed by atoms with E-state index in [1.807, 2.05) is 0 Å². The van der Waals surface area contributed by atoms with E-state index in [2.05, 4.69) is 15.0 Å². The molecule has 0 atom stereocenters. The number of alkyl halides is 3. The highest BCUT2D eigenvalue weighted by atomic mass is 19.4. The number of hydrogen-bond acceptors (Lipinski definition) is 3. The van der Waals surface area contributed by atoms with E-state index < -0.39 is 17.7 Å². The fraction of sp³-hybridized carbons (Fsp3) is 0.0556. The van der Waals surface area contributed by atoms with Crippen LogP contribution >= 0.6 is 0 Å². The third-order valence-electron chi connectivity index (χ3n) is 3.92. The summed E-state index contributed by atoms with van der Waals surface area (Å²) in [6.45, 7) is 0. The molecule has 3 aromatic heterocycles. The maximum atomic E-state index is 14.2. The van der Waals surface area contributed by atoms with Gasteiger partial charge < -0.3 is 0 Å². The van der Waals surface area contributed by atoms with Gasteiger partial charge in [0.15, 0.2) is 0 Å². The second-order valence-electron chi connectivity index (χ2n) is 5.55. The van der Waals surface area contributed by atoms with Gasteiger partial charge in [-0.05, 0) is 42.0 Å². The molecular formula is C18H10F4N4.